The van der Waals surface area contributed by atoms with Gasteiger partial charge in [0, 0.05) is 15.7 Å². The third kappa shape index (κ3) is 2.99. The molecule has 1 aromatic heterocycles. The molecule has 0 bridgehead atoms. The SMILES string of the molecule is O=C(NCc1csc2ccccc12)c1cc(F)ccc1Br. The predicted molar refractivity (Wildman–Crippen MR) is 87.1 cm³/mol. The van der Waals surface area contributed by atoms with E-state index in [1.165, 1.54) is 22.9 Å². The molecule has 0 saturated heterocycles. The van der Waals surface area contributed by atoms with Crippen molar-refractivity contribution in [3.63, 3.8) is 0 Å². The highest BCUT2D eigenvalue weighted by molar-refractivity contribution is 9.10. The molecule has 5 heteroatoms. The van der Waals surface area contributed by atoms with Gasteiger partial charge in [-0.1, -0.05) is 18.2 Å². The summed E-state index contributed by atoms with van der Waals surface area (Å²) in [5.74, 6) is -0.721. The lowest BCUT2D eigenvalue weighted by Gasteiger charge is -2.06. The number of carbonyl (C=O) groups excluding carboxylic acids is 1. The quantitative estimate of drug-likeness (QED) is 0.715. The number of rotatable bonds is 3. The molecule has 1 N–H and O–H groups in total. The predicted octanol–water partition coefficient (Wildman–Crippen LogP) is 4.73. The average molecular weight is 364 g/mol. The van der Waals surface area contributed by atoms with Crippen molar-refractivity contribution in [2.45, 2.75) is 6.54 Å². The zero-order valence-corrected chi connectivity index (χ0v) is 13.3. The van der Waals surface area contributed by atoms with E-state index in [4.69, 9.17) is 0 Å². The fraction of sp³-hybridized carbons (Fsp3) is 0.0625. The highest BCUT2D eigenvalue weighted by atomic mass is 79.9. The maximum absolute atomic E-state index is 13.2. The Hall–Kier alpha value is -1.72. The molecule has 0 aliphatic carbocycles. The molecule has 0 aliphatic heterocycles. The van der Waals surface area contributed by atoms with E-state index in [0.717, 1.165) is 10.9 Å². The first kappa shape index (κ1) is 14.2. The standard InChI is InChI=1S/C16H11BrFNOS/c17-14-6-5-11(18)7-13(14)16(20)19-8-10-9-21-15-4-2-1-3-12(10)15/h1-7,9H,8H2,(H,19,20). The van der Waals surface area contributed by atoms with Gasteiger partial charge in [-0.15, -0.1) is 11.3 Å². The van der Waals surface area contributed by atoms with Crippen LogP contribution in [-0.2, 0) is 6.54 Å². The lowest BCUT2D eigenvalue weighted by molar-refractivity contribution is 0.0950. The molecular weight excluding hydrogens is 353 g/mol. The van der Waals surface area contributed by atoms with Crippen LogP contribution in [0.15, 0.2) is 52.3 Å². The van der Waals surface area contributed by atoms with E-state index in [2.05, 4.69) is 27.3 Å². The van der Waals surface area contributed by atoms with Gasteiger partial charge in [-0.25, -0.2) is 4.39 Å². The third-order valence-corrected chi connectivity index (χ3v) is 4.88. The van der Waals surface area contributed by atoms with Gasteiger partial charge in [0.2, 0.25) is 0 Å². The Kier molecular flexibility index (Phi) is 4.03. The van der Waals surface area contributed by atoms with Crippen molar-refractivity contribution < 1.29 is 9.18 Å². The van der Waals surface area contributed by atoms with Crippen molar-refractivity contribution in [3.05, 3.63) is 69.3 Å². The van der Waals surface area contributed by atoms with Gasteiger partial charge in [0.15, 0.2) is 0 Å². The molecule has 0 unspecified atom stereocenters. The van der Waals surface area contributed by atoms with Crippen molar-refractivity contribution in [3.8, 4) is 0 Å². The molecule has 106 valence electrons. The molecule has 0 saturated carbocycles. The summed E-state index contributed by atoms with van der Waals surface area (Å²) < 4.78 is 15.0. The molecule has 0 aliphatic rings. The van der Waals surface area contributed by atoms with Gasteiger partial charge in [0.1, 0.15) is 5.82 Å². The second-order valence-electron chi connectivity index (χ2n) is 4.56. The van der Waals surface area contributed by atoms with Gasteiger partial charge in [-0.3, -0.25) is 4.79 Å². The summed E-state index contributed by atoms with van der Waals surface area (Å²) in [6.07, 6.45) is 0. The van der Waals surface area contributed by atoms with Crippen LogP contribution in [0, 0.1) is 5.82 Å². The number of hydrogen-bond donors (Lipinski definition) is 1. The second-order valence-corrected chi connectivity index (χ2v) is 6.33. The monoisotopic (exact) mass is 363 g/mol. The number of nitrogens with one attached hydrogen (secondary N) is 1. The fourth-order valence-corrected chi connectivity index (χ4v) is 3.50. The average Bonchev–Trinajstić information content (AvgIpc) is 2.90. The van der Waals surface area contributed by atoms with Crippen molar-refractivity contribution in [1.29, 1.82) is 0 Å². The largest absolute Gasteiger partial charge is 0.348 e. The van der Waals surface area contributed by atoms with E-state index in [9.17, 15) is 9.18 Å². The van der Waals surface area contributed by atoms with Crippen LogP contribution < -0.4 is 5.32 Å². The molecule has 3 aromatic rings. The minimum atomic E-state index is -0.427. The van der Waals surface area contributed by atoms with Crippen molar-refractivity contribution in [1.82, 2.24) is 5.32 Å². The maximum atomic E-state index is 13.2. The zero-order valence-electron chi connectivity index (χ0n) is 10.9. The van der Waals surface area contributed by atoms with Gasteiger partial charge in [-0.2, -0.15) is 0 Å². The Balaban J connectivity index is 1.78. The first-order valence-electron chi connectivity index (χ1n) is 6.33. The maximum Gasteiger partial charge on any atom is 0.252 e. The molecule has 21 heavy (non-hydrogen) atoms. The third-order valence-electron chi connectivity index (χ3n) is 3.17. The number of hydrogen-bond acceptors (Lipinski definition) is 2. The van der Waals surface area contributed by atoms with Gasteiger partial charge in [-0.05, 0) is 56.5 Å². The van der Waals surface area contributed by atoms with Crippen LogP contribution in [0.4, 0.5) is 4.39 Å². The van der Waals surface area contributed by atoms with Crippen LogP contribution >= 0.6 is 27.3 Å². The minimum Gasteiger partial charge on any atom is -0.348 e. The van der Waals surface area contributed by atoms with E-state index in [1.807, 2.05) is 23.6 Å². The first-order valence-corrected chi connectivity index (χ1v) is 8.01. The summed E-state index contributed by atoms with van der Waals surface area (Å²) >= 11 is 4.91. The van der Waals surface area contributed by atoms with Crippen LogP contribution in [0.25, 0.3) is 10.1 Å². The number of amides is 1. The molecule has 0 spiro atoms. The number of benzene rings is 2. The Morgan fingerprint density at radius 1 is 1.24 bits per heavy atom. The molecule has 0 radical (unpaired) electrons. The molecule has 1 amide bonds. The second kappa shape index (κ2) is 5.95. The van der Waals surface area contributed by atoms with Gasteiger partial charge in [0.25, 0.3) is 5.91 Å². The summed E-state index contributed by atoms with van der Waals surface area (Å²) in [5, 5.41) is 6.01. The summed E-state index contributed by atoms with van der Waals surface area (Å²) in [4.78, 5) is 12.1. The molecule has 3 rings (SSSR count). The molecule has 0 atom stereocenters. The lowest BCUT2D eigenvalue weighted by atomic mass is 10.1. The Morgan fingerprint density at radius 2 is 2.05 bits per heavy atom. The van der Waals surface area contributed by atoms with E-state index >= 15 is 0 Å². The summed E-state index contributed by atoms with van der Waals surface area (Å²) in [6, 6.07) is 12.1. The van der Waals surface area contributed by atoms with E-state index in [1.54, 1.807) is 11.3 Å². The molecular formula is C16H11BrFNOS. The Labute approximate surface area is 133 Å². The lowest BCUT2D eigenvalue weighted by Crippen LogP contribution is -2.23. The van der Waals surface area contributed by atoms with Crippen LogP contribution in [0.2, 0.25) is 0 Å². The molecule has 1 heterocycles. The van der Waals surface area contributed by atoms with Crippen LogP contribution in [-0.4, -0.2) is 5.91 Å². The minimum absolute atomic E-state index is 0.295. The number of thiophene rings is 1. The number of carbonyl (C=O) groups is 1. The zero-order chi connectivity index (χ0) is 14.8. The highest BCUT2D eigenvalue weighted by Crippen LogP contribution is 2.25. The Bertz CT molecular complexity index is 815. The Morgan fingerprint density at radius 3 is 2.90 bits per heavy atom. The van der Waals surface area contributed by atoms with Crippen LogP contribution in [0.1, 0.15) is 15.9 Å². The smallest absolute Gasteiger partial charge is 0.252 e. The molecule has 2 nitrogen and oxygen atoms in total. The summed E-state index contributed by atoms with van der Waals surface area (Å²) in [6.45, 7) is 0.422. The summed E-state index contributed by atoms with van der Waals surface area (Å²) in [7, 11) is 0. The van der Waals surface area contributed by atoms with E-state index in [-0.39, 0.29) is 5.91 Å². The van der Waals surface area contributed by atoms with Crippen molar-refractivity contribution in [2.75, 3.05) is 0 Å². The van der Waals surface area contributed by atoms with Gasteiger partial charge in [0.05, 0.1) is 5.56 Å². The summed E-state index contributed by atoms with van der Waals surface area (Å²) in [5.41, 5.74) is 1.37. The normalized spacial score (nSPS) is 10.8. The molecule has 0 fully saturated rings. The number of halogens is 2. The van der Waals surface area contributed by atoms with E-state index < -0.39 is 5.82 Å². The topological polar surface area (TPSA) is 29.1 Å². The number of fused-ring (bicyclic) bond motifs is 1. The van der Waals surface area contributed by atoms with Crippen LogP contribution in [0.5, 0.6) is 0 Å². The van der Waals surface area contributed by atoms with E-state index in [0.29, 0.717) is 16.6 Å². The van der Waals surface area contributed by atoms with Crippen molar-refractivity contribution in [2.24, 2.45) is 0 Å². The highest BCUT2D eigenvalue weighted by Gasteiger charge is 2.12. The van der Waals surface area contributed by atoms with Gasteiger partial charge >= 0.3 is 0 Å². The van der Waals surface area contributed by atoms with Crippen LogP contribution in [0.3, 0.4) is 0 Å². The fourth-order valence-electron chi connectivity index (χ4n) is 2.11. The molecule has 2 aromatic carbocycles. The van der Waals surface area contributed by atoms with Crippen molar-refractivity contribution >= 4 is 43.3 Å². The van der Waals surface area contributed by atoms with Gasteiger partial charge < -0.3 is 5.32 Å². The first-order chi connectivity index (χ1) is 10.1.